The fourth-order valence-electron chi connectivity index (χ4n) is 2.51. The Bertz CT molecular complexity index is 1140. The summed E-state index contributed by atoms with van der Waals surface area (Å²) in [7, 11) is 0. The molecule has 0 radical (unpaired) electrons. The van der Waals surface area contributed by atoms with E-state index in [0.717, 1.165) is 17.1 Å². The van der Waals surface area contributed by atoms with Gasteiger partial charge in [-0.25, -0.2) is 14.6 Å². The minimum Gasteiger partial charge on any atom is -0.475 e. The summed E-state index contributed by atoms with van der Waals surface area (Å²) in [6.07, 6.45) is -3.31. The highest BCUT2D eigenvalue weighted by atomic mass is 19.4. The first-order valence-corrected chi connectivity index (χ1v) is 9.27. The number of carbonyl (C=O) groups excluding carboxylic acids is 2. The summed E-state index contributed by atoms with van der Waals surface area (Å²) in [5, 5.41) is 12.4. The Hall–Kier alpha value is -4.35. The number of imidazole rings is 1. The predicted octanol–water partition coefficient (Wildman–Crippen LogP) is 3.87. The number of nitrogens with one attached hydrogen (secondary N) is 2. The van der Waals surface area contributed by atoms with Crippen LogP contribution in [-0.4, -0.2) is 38.7 Å². The predicted molar refractivity (Wildman–Crippen MR) is 114 cm³/mol. The number of rotatable bonds is 4. The lowest BCUT2D eigenvalue weighted by Crippen LogP contribution is -2.21. The molecule has 1 aromatic heterocycles. The van der Waals surface area contributed by atoms with Crippen LogP contribution in [0.15, 0.2) is 54.9 Å². The molecule has 0 spiro atoms. The molecular formula is C21H20F3N5O4. The van der Waals surface area contributed by atoms with Crippen molar-refractivity contribution < 1.29 is 32.7 Å². The number of primary amides is 1. The molecule has 0 aliphatic carbocycles. The number of benzene rings is 2. The number of aromatic nitrogens is 2. The number of hydrogen-bond acceptors (Lipinski definition) is 4. The van der Waals surface area contributed by atoms with Gasteiger partial charge in [-0.15, -0.1) is 0 Å². The molecule has 5 N–H and O–H groups in total. The average molecular weight is 463 g/mol. The van der Waals surface area contributed by atoms with Gasteiger partial charge in [0.15, 0.2) is 0 Å². The third kappa shape index (κ3) is 7.09. The van der Waals surface area contributed by atoms with E-state index in [-0.39, 0.29) is 5.91 Å². The second-order valence-electron chi connectivity index (χ2n) is 6.66. The van der Waals surface area contributed by atoms with Crippen LogP contribution in [0.25, 0.3) is 5.69 Å². The first kappa shape index (κ1) is 24.9. The van der Waals surface area contributed by atoms with Crippen molar-refractivity contribution in [3.05, 3.63) is 71.8 Å². The lowest BCUT2D eigenvalue weighted by molar-refractivity contribution is -0.192. The molecule has 12 heteroatoms. The molecule has 0 bridgehead atoms. The molecule has 0 atom stereocenters. The molecule has 9 nitrogen and oxygen atoms in total. The molecule has 33 heavy (non-hydrogen) atoms. The van der Waals surface area contributed by atoms with Crippen molar-refractivity contribution in [3.63, 3.8) is 0 Å². The highest BCUT2D eigenvalue weighted by molar-refractivity contribution is 6.04. The Morgan fingerprint density at radius 3 is 1.85 bits per heavy atom. The maximum absolute atomic E-state index is 12.3. The molecule has 174 valence electrons. The van der Waals surface area contributed by atoms with Crippen LogP contribution < -0.4 is 16.4 Å². The average Bonchev–Trinajstić information content (AvgIpc) is 3.07. The van der Waals surface area contributed by atoms with E-state index in [0.29, 0.717) is 16.9 Å². The quantitative estimate of drug-likeness (QED) is 0.465. The summed E-state index contributed by atoms with van der Waals surface area (Å²) >= 11 is 0. The van der Waals surface area contributed by atoms with Gasteiger partial charge in [0.25, 0.3) is 5.91 Å². The zero-order valence-electron chi connectivity index (χ0n) is 17.5. The number of alkyl halides is 3. The number of amides is 3. The van der Waals surface area contributed by atoms with E-state index < -0.39 is 18.2 Å². The van der Waals surface area contributed by atoms with E-state index in [9.17, 15) is 22.8 Å². The van der Waals surface area contributed by atoms with Gasteiger partial charge in [0.2, 0.25) is 0 Å². The van der Waals surface area contributed by atoms with E-state index in [1.165, 1.54) is 0 Å². The third-order valence-electron chi connectivity index (χ3n) is 4.31. The number of anilines is 2. The van der Waals surface area contributed by atoms with E-state index >= 15 is 0 Å². The number of carboxylic acid groups (broad SMARTS) is 1. The lowest BCUT2D eigenvalue weighted by atomic mass is 10.2. The molecule has 0 saturated heterocycles. The van der Waals surface area contributed by atoms with Crippen LogP contribution in [0.3, 0.4) is 0 Å². The third-order valence-corrected chi connectivity index (χ3v) is 4.31. The van der Waals surface area contributed by atoms with Crippen molar-refractivity contribution in [2.75, 3.05) is 10.6 Å². The maximum atomic E-state index is 12.3. The largest absolute Gasteiger partial charge is 0.490 e. The minimum atomic E-state index is -5.08. The molecule has 3 aromatic rings. The van der Waals surface area contributed by atoms with Gasteiger partial charge in [0, 0.05) is 28.3 Å². The Balaban J connectivity index is 0.000000479. The highest BCUT2D eigenvalue weighted by Gasteiger charge is 2.38. The monoisotopic (exact) mass is 463 g/mol. The van der Waals surface area contributed by atoms with Gasteiger partial charge in [-0.2, -0.15) is 13.2 Å². The number of nitrogens with zero attached hydrogens (tertiary/aromatic N) is 2. The lowest BCUT2D eigenvalue weighted by Gasteiger charge is -2.09. The van der Waals surface area contributed by atoms with Crippen molar-refractivity contribution in [3.8, 4) is 5.69 Å². The van der Waals surface area contributed by atoms with Gasteiger partial charge < -0.3 is 26.0 Å². The number of carbonyl (C=O) groups is 3. The molecule has 3 rings (SSSR count). The van der Waals surface area contributed by atoms with Gasteiger partial charge in [-0.3, -0.25) is 4.79 Å². The van der Waals surface area contributed by atoms with Crippen LogP contribution in [0.1, 0.15) is 21.7 Å². The Kier molecular flexibility index (Phi) is 7.78. The van der Waals surface area contributed by atoms with Crippen molar-refractivity contribution in [1.29, 1.82) is 0 Å². The number of aliphatic carboxylic acids is 1. The number of hydrogen-bond donors (Lipinski definition) is 4. The molecule has 0 aliphatic rings. The fourth-order valence-corrected chi connectivity index (χ4v) is 2.51. The van der Waals surface area contributed by atoms with Crippen LogP contribution in [-0.2, 0) is 4.79 Å². The van der Waals surface area contributed by atoms with Crippen molar-refractivity contribution in [2.45, 2.75) is 20.0 Å². The molecule has 0 unspecified atom stereocenters. The van der Waals surface area contributed by atoms with Crippen LogP contribution in [0.2, 0.25) is 0 Å². The molecule has 0 saturated carbocycles. The molecule has 2 aromatic carbocycles. The van der Waals surface area contributed by atoms with Crippen LogP contribution in [0.4, 0.5) is 29.3 Å². The fraction of sp³-hybridized carbons (Fsp3) is 0.143. The number of carboxylic acids is 1. The van der Waals surface area contributed by atoms with Gasteiger partial charge in [-0.05, 0) is 62.4 Å². The van der Waals surface area contributed by atoms with E-state index in [2.05, 4.69) is 15.6 Å². The number of aryl methyl sites for hydroxylation is 1. The van der Waals surface area contributed by atoms with Crippen LogP contribution in [0, 0.1) is 13.8 Å². The number of urea groups is 1. The molecule has 1 heterocycles. The van der Waals surface area contributed by atoms with Crippen LogP contribution >= 0.6 is 0 Å². The Morgan fingerprint density at radius 1 is 0.939 bits per heavy atom. The summed E-state index contributed by atoms with van der Waals surface area (Å²) in [4.78, 5) is 36.3. The zero-order valence-corrected chi connectivity index (χ0v) is 17.5. The normalized spacial score (nSPS) is 10.6. The van der Waals surface area contributed by atoms with Gasteiger partial charge in [-0.1, -0.05) is 0 Å². The van der Waals surface area contributed by atoms with Gasteiger partial charge in [0.1, 0.15) is 0 Å². The first-order chi connectivity index (χ1) is 15.4. The van der Waals surface area contributed by atoms with Gasteiger partial charge in [0.05, 0.1) is 12.0 Å². The SMILES string of the molecule is Cc1ncn(-c2ccc(NC(=O)c3ccc(NC(N)=O)cc3)cc2)c1C.O=C(O)C(F)(F)F. The molecule has 3 amide bonds. The smallest absolute Gasteiger partial charge is 0.475 e. The van der Waals surface area contributed by atoms with Crippen molar-refractivity contribution in [2.24, 2.45) is 5.73 Å². The zero-order chi connectivity index (χ0) is 24.8. The van der Waals surface area contributed by atoms with E-state index in [4.69, 9.17) is 15.6 Å². The van der Waals surface area contributed by atoms with E-state index in [1.807, 2.05) is 42.7 Å². The number of halogens is 3. The Morgan fingerprint density at radius 2 is 1.42 bits per heavy atom. The van der Waals surface area contributed by atoms with Gasteiger partial charge >= 0.3 is 18.2 Å². The summed E-state index contributed by atoms with van der Waals surface area (Å²) in [6.45, 7) is 3.97. The van der Waals surface area contributed by atoms with Crippen molar-refractivity contribution >= 4 is 29.3 Å². The van der Waals surface area contributed by atoms with E-state index in [1.54, 1.807) is 30.6 Å². The summed E-state index contributed by atoms with van der Waals surface area (Å²) in [6, 6.07) is 13.3. The summed E-state index contributed by atoms with van der Waals surface area (Å²) in [5.74, 6) is -2.99. The molecule has 0 fully saturated rings. The highest BCUT2D eigenvalue weighted by Crippen LogP contribution is 2.18. The summed E-state index contributed by atoms with van der Waals surface area (Å²) in [5.41, 5.74) is 9.78. The standard InChI is InChI=1S/C19H19N5O2.C2HF3O2/c1-12-13(2)24(11-21-12)17-9-7-15(8-10-17)22-18(25)14-3-5-16(6-4-14)23-19(20)26;3-2(4,5)1(6)7/h3-11H,1-2H3,(H,22,25)(H3,20,23,26);(H,6,7). The first-order valence-electron chi connectivity index (χ1n) is 9.27. The second-order valence-corrected chi connectivity index (χ2v) is 6.66. The summed E-state index contributed by atoms with van der Waals surface area (Å²) < 4.78 is 33.7. The van der Waals surface area contributed by atoms with Crippen molar-refractivity contribution in [1.82, 2.24) is 9.55 Å². The molecular weight excluding hydrogens is 443 g/mol. The topological polar surface area (TPSA) is 139 Å². The Labute approximate surface area is 186 Å². The second kappa shape index (κ2) is 10.3. The minimum absolute atomic E-state index is 0.238. The van der Waals surface area contributed by atoms with Crippen LogP contribution in [0.5, 0.6) is 0 Å². The molecule has 0 aliphatic heterocycles. The number of nitrogens with two attached hydrogens (primary N) is 1. The maximum Gasteiger partial charge on any atom is 0.490 e.